The van der Waals surface area contributed by atoms with Crippen LogP contribution in [0.2, 0.25) is 78.6 Å². The maximum absolute atomic E-state index is 4.67. The molecule has 0 aliphatic heterocycles. The standard InChI is InChI=1S/2C6H18NSi2.C6H5.BrH.Sn/c2*1-8(2,3)7-9(4,5)6;1-2-4-6-5-3-1;;/h2*1-6H3;1-5H;1H;/q2*-1;;;+3/p-1. The van der Waals surface area contributed by atoms with Gasteiger partial charge < -0.3 is 0 Å². The molecule has 1 aromatic carbocycles. The topological polar surface area (TPSA) is 6.48 Å². The Hall–Kier alpha value is 1.29. The first-order valence-corrected chi connectivity index (χ1v) is 33.9. The van der Waals surface area contributed by atoms with Crippen molar-refractivity contribution in [3.8, 4) is 0 Å². The first kappa shape index (κ1) is 25.3. The molecule has 0 fully saturated rings. The Labute approximate surface area is 178 Å². The molecule has 1 rings (SSSR count). The molecule has 0 aromatic heterocycles. The second-order valence-electron chi connectivity index (χ2n) is 11.3. The third-order valence-electron chi connectivity index (χ3n) is 4.42. The van der Waals surface area contributed by atoms with Gasteiger partial charge in [0.25, 0.3) is 0 Å². The van der Waals surface area contributed by atoms with Crippen LogP contribution in [0, 0.1) is 0 Å². The van der Waals surface area contributed by atoms with Crippen molar-refractivity contribution in [1.82, 2.24) is 4.91 Å². The van der Waals surface area contributed by atoms with E-state index < -0.39 is 49.6 Å². The molecule has 0 saturated heterocycles. The van der Waals surface area contributed by atoms with Crippen molar-refractivity contribution < 1.29 is 0 Å². The fourth-order valence-corrected chi connectivity index (χ4v) is 112. The Morgan fingerprint density at radius 3 is 1.08 bits per heavy atom. The number of hydrogen-bond donors (Lipinski definition) is 0. The van der Waals surface area contributed by atoms with Crippen LogP contribution in [-0.4, -0.2) is 54.5 Å². The SMILES string of the molecule is C[Si](C)(C)[N]([Si](C)(C)C)[Sn]([Br])([c]1ccccc1)[N]([Si](C)(C)C)[Si](C)(C)C. The number of nitrogens with zero attached hydrogens (tertiary/aromatic N) is 2. The molecular weight excluding hydrogens is 555 g/mol. The normalized spacial score (nSPS) is 15.0. The molecule has 26 heavy (non-hydrogen) atoms. The van der Waals surface area contributed by atoms with Crippen LogP contribution < -0.4 is 3.58 Å². The predicted octanol–water partition coefficient (Wildman–Crippen LogP) is 6.17. The van der Waals surface area contributed by atoms with Gasteiger partial charge in [-0.25, -0.2) is 0 Å². The van der Waals surface area contributed by atoms with E-state index in [2.05, 4.69) is 127 Å². The minimum absolute atomic E-state index is 1.52. The zero-order valence-electron chi connectivity index (χ0n) is 19.2. The predicted molar refractivity (Wildman–Crippen MR) is 138 cm³/mol. The van der Waals surface area contributed by atoms with E-state index in [-0.39, 0.29) is 0 Å². The average Bonchev–Trinajstić information content (AvgIpc) is 2.32. The second kappa shape index (κ2) is 8.20. The third-order valence-corrected chi connectivity index (χ3v) is 72.5. The van der Waals surface area contributed by atoms with Gasteiger partial charge in [-0.2, -0.15) is 0 Å². The Morgan fingerprint density at radius 2 is 0.846 bits per heavy atom. The molecule has 0 aliphatic rings. The molecule has 0 bridgehead atoms. The summed E-state index contributed by atoms with van der Waals surface area (Å²) in [6.07, 6.45) is 0. The average molecular weight is 596 g/mol. The van der Waals surface area contributed by atoms with Crippen molar-refractivity contribution in [3.05, 3.63) is 30.3 Å². The van der Waals surface area contributed by atoms with Gasteiger partial charge in [0.15, 0.2) is 0 Å². The van der Waals surface area contributed by atoms with E-state index >= 15 is 0 Å². The molecule has 0 spiro atoms. The molecular formula is C18H41BrN2Si4Sn. The zero-order valence-corrected chi connectivity index (χ0v) is 27.6. The van der Waals surface area contributed by atoms with Crippen molar-refractivity contribution in [2.75, 3.05) is 0 Å². The summed E-state index contributed by atoms with van der Waals surface area (Å²) in [5.74, 6) is 0. The number of halogens is 1. The zero-order chi connectivity index (χ0) is 20.8. The van der Waals surface area contributed by atoms with Gasteiger partial charge in [0, 0.05) is 0 Å². The van der Waals surface area contributed by atoms with Gasteiger partial charge in [0.2, 0.25) is 0 Å². The quantitative estimate of drug-likeness (QED) is 0.348. The summed E-state index contributed by atoms with van der Waals surface area (Å²) in [4.78, 5) is 0. The van der Waals surface area contributed by atoms with Gasteiger partial charge in [-0.1, -0.05) is 0 Å². The third kappa shape index (κ3) is 5.67. The van der Waals surface area contributed by atoms with Crippen LogP contribution in [0.4, 0.5) is 0 Å². The molecule has 8 heteroatoms. The molecule has 0 N–H and O–H groups in total. The van der Waals surface area contributed by atoms with Crippen LogP contribution in [-0.2, 0) is 0 Å². The van der Waals surface area contributed by atoms with Gasteiger partial charge in [-0.3, -0.25) is 0 Å². The molecule has 150 valence electrons. The number of rotatable bonds is 7. The number of benzene rings is 1. The van der Waals surface area contributed by atoms with Gasteiger partial charge in [0.1, 0.15) is 0 Å². The summed E-state index contributed by atoms with van der Waals surface area (Å²) in [6, 6.07) is 11.5. The summed E-state index contributed by atoms with van der Waals surface area (Å²) >= 11 is 1.45. The summed E-state index contributed by atoms with van der Waals surface area (Å²) in [7, 11) is -6.07. The molecule has 0 saturated carbocycles. The van der Waals surface area contributed by atoms with Crippen LogP contribution in [0.1, 0.15) is 0 Å². The molecule has 2 nitrogen and oxygen atoms in total. The van der Waals surface area contributed by atoms with Crippen molar-refractivity contribution in [1.29, 1.82) is 0 Å². The Balaban J connectivity index is 3.96. The second-order valence-corrected chi connectivity index (χ2v) is 51.4. The Morgan fingerprint density at radius 1 is 0.577 bits per heavy atom. The van der Waals surface area contributed by atoms with Crippen LogP contribution in [0.5, 0.6) is 0 Å². The molecule has 0 heterocycles. The van der Waals surface area contributed by atoms with E-state index in [0.29, 0.717) is 0 Å². The van der Waals surface area contributed by atoms with Crippen molar-refractivity contribution in [2.45, 2.75) is 78.6 Å². The monoisotopic (exact) mass is 596 g/mol. The molecule has 1 aromatic rings. The first-order chi connectivity index (χ1) is 11.3. The van der Waals surface area contributed by atoms with Crippen LogP contribution >= 0.6 is 12.7 Å². The van der Waals surface area contributed by atoms with E-state index in [1.165, 1.54) is 0 Å². The molecule has 0 unspecified atom stereocenters. The van der Waals surface area contributed by atoms with E-state index in [1.54, 1.807) is 3.58 Å². The summed E-state index contributed by atoms with van der Waals surface area (Å²) in [5, 5.41) is 0. The van der Waals surface area contributed by atoms with E-state index in [1.807, 2.05) is 0 Å². The van der Waals surface area contributed by atoms with Crippen molar-refractivity contribution in [3.63, 3.8) is 0 Å². The summed E-state index contributed by atoms with van der Waals surface area (Å²) in [6.45, 7) is 30.8. The maximum atomic E-state index is 4.67. The fourth-order valence-electron chi connectivity index (χ4n) is 4.80. The Kier molecular flexibility index (Phi) is 7.98. The van der Waals surface area contributed by atoms with Crippen LogP contribution in [0.15, 0.2) is 30.3 Å². The van der Waals surface area contributed by atoms with Crippen molar-refractivity contribution in [2.24, 2.45) is 0 Å². The fraction of sp³-hybridized carbons (Fsp3) is 0.667. The van der Waals surface area contributed by atoms with E-state index in [4.69, 9.17) is 0 Å². The minimum atomic E-state index is -3.22. The van der Waals surface area contributed by atoms with Crippen molar-refractivity contribution >= 4 is 65.9 Å². The van der Waals surface area contributed by atoms with E-state index in [9.17, 15) is 0 Å². The summed E-state index contributed by atoms with van der Waals surface area (Å²) < 4.78 is 7.94. The van der Waals surface area contributed by atoms with Gasteiger partial charge in [-0.15, -0.1) is 0 Å². The molecule has 0 amide bonds. The molecule has 0 aliphatic carbocycles. The van der Waals surface area contributed by atoms with E-state index in [0.717, 1.165) is 0 Å². The van der Waals surface area contributed by atoms with Crippen LogP contribution in [0.25, 0.3) is 0 Å². The van der Waals surface area contributed by atoms with Gasteiger partial charge in [-0.05, 0) is 0 Å². The van der Waals surface area contributed by atoms with Gasteiger partial charge in [0.05, 0.1) is 0 Å². The summed E-state index contributed by atoms with van der Waals surface area (Å²) in [5.41, 5.74) is 0. The molecule has 0 atom stereocenters. The van der Waals surface area contributed by atoms with Crippen LogP contribution in [0.3, 0.4) is 0 Å². The molecule has 0 radical (unpaired) electrons. The first-order valence-electron chi connectivity index (χ1n) is 9.69. The Bertz CT molecular complexity index is 541. The van der Waals surface area contributed by atoms with Gasteiger partial charge >= 0.3 is 180 Å². The number of hydrogen-bond acceptors (Lipinski definition) is 2.